The molecule has 1 aromatic heterocycles. The molecule has 1 spiro atoms. The summed E-state index contributed by atoms with van der Waals surface area (Å²) < 4.78 is 8.39. The molecule has 1 aromatic carbocycles. The number of fused-ring (bicyclic) bond motifs is 1. The van der Waals surface area contributed by atoms with Crippen LogP contribution in [-0.2, 0) is 9.59 Å². The Morgan fingerprint density at radius 1 is 1.32 bits per heavy atom. The Labute approximate surface area is 183 Å². The smallest absolute Gasteiger partial charge is 0.222 e. The third-order valence-corrected chi connectivity index (χ3v) is 6.60. The van der Waals surface area contributed by atoms with Crippen LogP contribution in [0.5, 0.6) is 5.75 Å². The van der Waals surface area contributed by atoms with Gasteiger partial charge in [0.05, 0.1) is 17.8 Å². The molecule has 3 heterocycles. The van der Waals surface area contributed by atoms with E-state index in [4.69, 9.17) is 4.74 Å². The maximum absolute atomic E-state index is 13.0. The molecule has 7 nitrogen and oxygen atoms in total. The molecular formula is C24H32N4O3. The van der Waals surface area contributed by atoms with Gasteiger partial charge in [0.25, 0.3) is 0 Å². The Morgan fingerprint density at radius 3 is 2.84 bits per heavy atom. The number of aromatic nitrogens is 2. The van der Waals surface area contributed by atoms with Crippen molar-refractivity contribution in [2.75, 3.05) is 13.6 Å². The van der Waals surface area contributed by atoms with Gasteiger partial charge in [-0.1, -0.05) is 18.2 Å². The normalized spacial score (nSPS) is 24.3. The van der Waals surface area contributed by atoms with E-state index in [0.29, 0.717) is 32.2 Å². The van der Waals surface area contributed by atoms with Gasteiger partial charge < -0.3 is 15.0 Å². The zero-order valence-electron chi connectivity index (χ0n) is 18.9. The summed E-state index contributed by atoms with van der Waals surface area (Å²) in [5.74, 6) is 0.958. The number of carbonyl (C=O) groups is 2. The number of hydrogen-bond acceptors (Lipinski definition) is 4. The lowest BCUT2D eigenvalue weighted by atomic mass is 9.82. The molecule has 7 heteroatoms. The van der Waals surface area contributed by atoms with Crippen LogP contribution in [0.1, 0.15) is 68.1 Å². The number of nitrogens with one attached hydrogen (secondary N) is 1. The minimum atomic E-state index is -0.436. The molecule has 1 saturated heterocycles. The molecule has 0 aliphatic carbocycles. The Bertz CT molecular complexity index is 985. The van der Waals surface area contributed by atoms with Gasteiger partial charge in [-0.2, -0.15) is 5.10 Å². The van der Waals surface area contributed by atoms with Gasteiger partial charge in [-0.25, -0.2) is 0 Å². The van der Waals surface area contributed by atoms with Gasteiger partial charge in [0.1, 0.15) is 11.4 Å². The van der Waals surface area contributed by atoms with E-state index >= 15 is 0 Å². The SMILES string of the molecule is Cc1cc(C)n([C@H](C)CC(=O)N[C@H]2C[C@]3(CCC(=O)N(C)CC3)Oc3ccccc32)n1. The zero-order valence-corrected chi connectivity index (χ0v) is 18.9. The van der Waals surface area contributed by atoms with Crippen molar-refractivity contribution in [1.29, 1.82) is 0 Å². The molecule has 0 unspecified atom stereocenters. The summed E-state index contributed by atoms with van der Waals surface area (Å²) in [5.41, 5.74) is 2.58. The Morgan fingerprint density at radius 2 is 2.10 bits per heavy atom. The zero-order chi connectivity index (χ0) is 22.2. The van der Waals surface area contributed by atoms with E-state index in [1.807, 2.05) is 62.8 Å². The van der Waals surface area contributed by atoms with Gasteiger partial charge in [-0.15, -0.1) is 0 Å². The van der Waals surface area contributed by atoms with Crippen molar-refractivity contribution in [2.24, 2.45) is 0 Å². The van der Waals surface area contributed by atoms with Gasteiger partial charge in [-0.05, 0) is 39.3 Å². The number of nitrogens with zero attached hydrogens (tertiary/aromatic N) is 3. The number of benzene rings is 1. The van der Waals surface area contributed by atoms with Crippen LogP contribution in [0.15, 0.2) is 30.3 Å². The van der Waals surface area contributed by atoms with Crippen LogP contribution < -0.4 is 10.1 Å². The lowest BCUT2D eigenvalue weighted by molar-refractivity contribution is -0.129. The number of carbonyl (C=O) groups excluding carboxylic acids is 2. The summed E-state index contributed by atoms with van der Waals surface area (Å²) in [7, 11) is 1.84. The van der Waals surface area contributed by atoms with E-state index in [0.717, 1.165) is 29.1 Å². The molecule has 3 atom stereocenters. The van der Waals surface area contributed by atoms with Crippen LogP contribution >= 0.6 is 0 Å². The molecule has 0 bridgehead atoms. The highest BCUT2D eigenvalue weighted by atomic mass is 16.5. The molecule has 0 radical (unpaired) electrons. The van der Waals surface area contributed by atoms with Crippen LogP contribution in [-0.4, -0.2) is 45.7 Å². The summed E-state index contributed by atoms with van der Waals surface area (Å²) in [6, 6.07) is 9.77. The first-order valence-electron chi connectivity index (χ1n) is 11.1. The number of para-hydroxylation sites is 1. The fourth-order valence-electron chi connectivity index (χ4n) is 4.90. The van der Waals surface area contributed by atoms with Crippen molar-refractivity contribution >= 4 is 11.8 Å². The average molecular weight is 425 g/mol. The number of hydrogen-bond donors (Lipinski definition) is 1. The molecule has 1 N–H and O–H groups in total. The molecule has 2 aromatic rings. The van der Waals surface area contributed by atoms with Gasteiger partial charge in [0.15, 0.2) is 0 Å². The van der Waals surface area contributed by atoms with E-state index in [9.17, 15) is 9.59 Å². The second kappa shape index (κ2) is 8.36. The minimum Gasteiger partial charge on any atom is -0.487 e. The summed E-state index contributed by atoms with van der Waals surface area (Å²) in [5, 5.41) is 7.78. The van der Waals surface area contributed by atoms with Gasteiger partial charge in [0.2, 0.25) is 11.8 Å². The summed E-state index contributed by atoms with van der Waals surface area (Å²) >= 11 is 0. The second-order valence-corrected chi connectivity index (χ2v) is 9.14. The third-order valence-electron chi connectivity index (χ3n) is 6.60. The van der Waals surface area contributed by atoms with Crippen LogP contribution in [0.4, 0.5) is 0 Å². The monoisotopic (exact) mass is 424 g/mol. The molecule has 1 fully saturated rings. The molecule has 166 valence electrons. The standard InChI is InChI=1S/C24H32N4O3/c1-16-13-17(2)28(26-16)18(3)14-22(29)25-20-15-24(10-9-23(30)27(4)12-11-24)31-21-8-6-5-7-19(20)21/h5-8,13,18,20H,9-12,14-15H2,1-4H3,(H,25,29)/t18-,20+,24-/m1/s1. The first kappa shape index (κ1) is 21.4. The highest BCUT2D eigenvalue weighted by Gasteiger charge is 2.43. The lowest BCUT2D eigenvalue weighted by Crippen LogP contribution is -2.46. The topological polar surface area (TPSA) is 76.5 Å². The van der Waals surface area contributed by atoms with Crippen molar-refractivity contribution in [2.45, 2.75) is 70.6 Å². The number of ether oxygens (including phenoxy) is 1. The van der Waals surface area contributed by atoms with Gasteiger partial charge in [-0.3, -0.25) is 14.3 Å². The first-order chi connectivity index (χ1) is 14.8. The maximum atomic E-state index is 13.0. The van der Waals surface area contributed by atoms with E-state index in [2.05, 4.69) is 10.4 Å². The molecular weight excluding hydrogens is 392 g/mol. The lowest BCUT2D eigenvalue weighted by Gasteiger charge is -2.42. The first-order valence-corrected chi connectivity index (χ1v) is 11.1. The van der Waals surface area contributed by atoms with Gasteiger partial charge in [0, 0.05) is 50.5 Å². The Balaban J connectivity index is 1.52. The number of rotatable bonds is 4. The number of amides is 2. The van der Waals surface area contributed by atoms with Crippen LogP contribution in [0.25, 0.3) is 0 Å². The Kier molecular flexibility index (Phi) is 5.77. The fraction of sp³-hybridized carbons (Fsp3) is 0.542. The van der Waals surface area contributed by atoms with Crippen molar-refractivity contribution in [3.8, 4) is 5.75 Å². The van der Waals surface area contributed by atoms with Crippen molar-refractivity contribution in [3.63, 3.8) is 0 Å². The van der Waals surface area contributed by atoms with E-state index in [1.54, 1.807) is 4.90 Å². The highest BCUT2D eigenvalue weighted by molar-refractivity contribution is 5.77. The predicted molar refractivity (Wildman–Crippen MR) is 118 cm³/mol. The fourth-order valence-corrected chi connectivity index (χ4v) is 4.90. The summed E-state index contributed by atoms with van der Waals surface area (Å²) in [6.45, 7) is 6.66. The molecule has 4 rings (SSSR count). The number of aryl methyl sites for hydroxylation is 2. The average Bonchev–Trinajstić information content (AvgIpc) is 3.01. The second-order valence-electron chi connectivity index (χ2n) is 9.14. The van der Waals surface area contributed by atoms with Crippen LogP contribution in [0, 0.1) is 13.8 Å². The molecule has 2 aliphatic heterocycles. The van der Waals surface area contributed by atoms with E-state index in [1.165, 1.54) is 0 Å². The van der Waals surface area contributed by atoms with Crippen molar-refractivity contribution < 1.29 is 14.3 Å². The molecule has 2 aliphatic rings. The molecule has 31 heavy (non-hydrogen) atoms. The Hall–Kier alpha value is -2.83. The van der Waals surface area contributed by atoms with Crippen LogP contribution in [0.3, 0.4) is 0 Å². The predicted octanol–water partition coefficient (Wildman–Crippen LogP) is 3.47. The van der Waals surface area contributed by atoms with Crippen molar-refractivity contribution in [1.82, 2.24) is 20.0 Å². The highest BCUT2D eigenvalue weighted by Crippen LogP contribution is 2.44. The number of likely N-dealkylation sites (tertiary alicyclic amines) is 1. The van der Waals surface area contributed by atoms with Gasteiger partial charge >= 0.3 is 0 Å². The summed E-state index contributed by atoms with van der Waals surface area (Å²) in [4.78, 5) is 27.0. The maximum Gasteiger partial charge on any atom is 0.222 e. The molecule has 0 saturated carbocycles. The van der Waals surface area contributed by atoms with Crippen LogP contribution in [0.2, 0.25) is 0 Å². The third kappa shape index (κ3) is 4.45. The van der Waals surface area contributed by atoms with E-state index in [-0.39, 0.29) is 23.9 Å². The summed E-state index contributed by atoms with van der Waals surface area (Å²) in [6.07, 6.45) is 2.92. The van der Waals surface area contributed by atoms with E-state index < -0.39 is 5.60 Å². The minimum absolute atomic E-state index is 0.00118. The largest absolute Gasteiger partial charge is 0.487 e. The quantitative estimate of drug-likeness (QED) is 0.815. The van der Waals surface area contributed by atoms with Crippen molar-refractivity contribution in [3.05, 3.63) is 47.3 Å². The molecule has 2 amide bonds.